The topological polar surface area (TPSA) is 47.8 Å². The normalized spacial score (nSPS) is 11.6. The second kappa shape index (κ2) is 8.31. The lowest BCUT2D eigenvalue weighted by Crippen LogP contribution is -2.10. The van der Waals surface area contributed by atoms with Crippen LogP contribution in [0.5, 0.6) is 0 Å². The highest BCUT2D eigenvalue weighted by Crippen LogP contribution is 2.31. The van der Waals surface area contributed by atoms with Gasteiger partial charge in [0.1, 0.15) is 5.78 Å². The lowest BCUT2D eigenvalue weighted by Gasteiger charge is -2.19. The van der Waals surface area contributed by atoms with Gasteiger partial charge in [0.15, 0.2) is 11.0 Å². The molecule has 0 bridgehead atoms. The van der Waals surface area contributed by atoms with Gasteiger partial charge in [-0.3, -0.25) is 9.36 Å². The molecule has 2 aromatic carbocycles. The third-order valence-electron chi connectivity index (χ3n) is 4.68. The van der Waals surface area contributed by atoms with Gasteiger partial charge in [-0.15, -0.1) is 10.2 Å². The molecule has 0 saturated heterocycles. The summed E-state index contributed by atoms with van der Waals surface area (Å²) in [5.74, 6) is 1.70. The largest absolute Gasteiger partial charge is 0.300 e. The highest BCUT2D eigenvalue weighted by molar-refractivity contribution is 7.99. The zero-order valence-corrected chi connectivity index (χ0v) is 18.0. The van der Waals surface area contributed by atoms with Crippen LogP contribution in [0.3, 0.4) is 0 Å². The zero-order chi connectivity index (χ0) is 20.3. The molecule has 3 aromatic rings. The molecule has 1 heterocycles. The number of rotatable bonds is 6. The molecule has 3 rings (SSSR count). The Balaban J connectivity index is 2.05. The maximum Gasteiger partial charge on any atom is 0.196 e. The SMILES string of the molecule is CC(=O)CCSc1nnc(-c2ccc(C(C)(C)C)cc2)n1-c1ccccc1C. The molecule has 1 aromatic heterocycles. The summed E-state index contributed by atoms with van der Waals surface area (Å²) in [7, 11) is 0. The summed E-state index contributed by atoms with van der Waals surface area (Å²) in [5, 5.41) is 9.75. The van der Waals surface area contributed by atoms with Crippen molar-refractivity contribution in [1.82, 2.24) is 14.8 Å². The lowest BCUT2D eigenvalue weighted by molar-refractivity contribution is -0.116. The number of aromatic nitrogens is 3. The Morgan fingerprint density at radius 1 is 1.04 bits per heavy atom. The van der Waals surface area contributed by atoms with Crippen LogP contribution in [-0.2, 0) is 10.2 Å². The van der Waals surface area contributed by atoms with Crippen LogP contribution in [0.1, 0.15) is 45.2 Å². The number of carbonyl (C=O) groups excluding carboxylic acids is 1. The molecule has 0 radical (unpaired) electrons. The highest BCUT2D eigenvalue weighted by atomic mass is 32.2. The van der Waals surface area contributed by atoms with Crippen molar-refractivity contribution in [3.63, 3.8) is 0 Å². The summed E-state index contributed by atoms with van der Waals surface area (Å²) in [5.41, 5.74) is 4.64. The molecule has 0 amide bonds. The van der Waals surface area contributed by atoms with E-state index in [0.29, 0.717) is 12.2 Å². The first-order valence-electron chi connectivity index (χ1n) is 9.52. The molecule has 0 aliphatic heterocycles. The fourth-order valence-electron chi connectivity index (χ4n) is 2.99. The van der Waals surface area contributed by atoms with Gasteiger partial charge in [0, 0.05) is 17.7 Å². The van der Waals surface area contributed by atoms with Crippen molar-refractivity contribution in [1.29, 1.82) is 0 Å². The summed E-state index contributed by atoms with van der Waals surface area (Å²) in [6.45, 7) is 10.3. The summed E-state index contributed by atoms with van der Waals surface area (Å²) >= 11 is 1.57. The standard InChI is InChI=1S/C23H27N3OS/c1-16-8-6-7-9-20(16)26-21(24-25-22(26)28-15-14-17(2)27)18-10-12-19(13-11-18)23(3,4)5/h6-13H,14-15H2,1-5H3. The smallest absolute Gasteiger partial charge is 0.196 e. The molecule has 0 aliphatic carbocycles. The van der Waals surface area contributed by atoms with Crippen molar-refractivity contribution in [3.05, 3.63) is 59.7 Å². The van der Waals surface area contributed by atoms with Gasteiger partial charge in [-0.2, -0.15) is 0 Å². The van der Waals surface area contributed by atoms with Crippen LogP contribution in [-0.4, -0.2) is 26.3 Å². The van der Waals surface area contributed by atoms with Crippen LogP contribution in [0.25, 0.3) is 17.1 Å². The first-order chi connectivity index (χ1) is 13.3. The van der Waals surface area contributed by atoms with Crippen molar-refractivity contribution in [2.45, 2.75) is 51.6 Å². The minimum atomic E-state index is 0.107. The third-order valence-corrected chi connectivity index (χ3v) is 5.61. The van der Waals surface area contributed by atoms with E-state index in [1.165, 1.54) is 5.56 Å². The number of para-hydroxylation sites is 1. The van der Waals surface area contributed by atoms with Crippen molar-refractivity contribution in [2.75, 3.05) is 5.75 Å². The number of carbonyl (C=O) groups is 1. The fourth-order valence-corrected chi connectivity index (χ4v) is 3.97. The van der Waals surface area contributed by atoms with Crippen molar-refractivity contribution in [3.8, 4) is 17.1 Å². The van der Waals surface area contributed by atoms with E-state index in [-0.39, 0.29) is 11.2 Å². The number of nitrogens with zero attached hydrogens (tertiary/aromatic N) is 3. The highest BCUT2D eigenvalue weighted by Gasteiger charge is 2.19. The van der Waals surface area contributed by atoms with Crippen LogP contribution in [0, 0.1) is 6.92 Å². The van der Waals surface area contributed by atoms with E-state index in [1.807, 2.05) is 12.1 Å². The fraction of sp³-hybridized carbons (Fsp3) is 0.348. The van der Waals surface area contributed by atoms with Gasteiger partial charge in [0.2, 0.25) is 0 Å². The van der Waals surface area contributed by atoms with Crippen LogP contribution >= 0.6 is 11.8 Å². The van der Waals surface area contributed by atoms with Gasteiger partial charge in [0.05, 0.1) is 5.69 Å². The van der Waals surface area contributed by atoms with Gasteiger partial charge >= 0.3 is 0 Å². The van der Waals surface area contributed by atoms with E-state index in [2.05, 4.69) is 78.9 Å². The van der Waals surface area contributed by atoms with Gasteiger partial charge < -0.3 is 0 Å². The maximum absolute atomic E-state index is 11.3. The average Bonchev–Trinajstić information content (AvgIpc) is 3.05. The van der Waals surface area contributed by atoms with E-state index in [0.717, 1.165) is 27.8 Å². The van der Waals surface area contributed by atoms with Gasteiger partial charge in [-0.1, -0.05) is 75.0 Å². The summed E-state index contributed by atoms with van der Waals surface area (Å²) in [6.07, 6.45) is 0.529. The quantitative estimate of drug-likeness (QED) is 0.511. The maximum atomic E-state index is 11.3. The summed E-state index contributed by atoms with van der Waals surface area (Å²) < 4.78 is 2.10. The molecule has 0 atom stereocenters. The Kier molecular flexibility index (Phi) is 6.04. The third kappa shape index (κ3) is 4.53. The second-order valence-electron chi connectivity index (χ2n) is 8.06. The van der Waals surface area contributed by atoms with Gasteiger partial charge in [-0.05, 0) is 36.5 Å². The zero-order valence-electron chi connectivity index (χ0n) is 17.2. The minimum absolute atomic E-state index is 0.107. The molecular formula is C23H27N3OS. The first-order valence-corrected chi connectivity index (χ1v) is 10.5. The molecule has 0 N–H and O–H groups in total. The Bertz CT molecular complexity index is 968. The number of ketones is 1. The predicted octanol–water partition coefficient (Wildman–Crippen LogP) is 5.61. The molecule has 0 saturated carbocycles. The number of thioether (sulfide) groups is 1. The Hall–Kier alpha value is -2.40. The molecule has 0 unspecified atom stereocenters. The van der Waals surface area contributed by atoms with E-state index in [4.69, 9.17) is 0 Å². The Morgan fingerprint density at radius 3 is 2.32 bits per heavy atom. The molecule has 28 heavy (non-hydrogen) atoms. The number of benzene rings is 2. The molecule has 0 fully saturated rings. The van der Waals surface area contributed by atoms with E-state index in [1.54, 1.807) is 18.7 Å². The number of Topliss-reactive ketones (excluding diaryl/α,β-unsaturated/α-hetero) is 1. The second-order valence-corrected chi connectivity index (χ2v) is 9.12. The number of hydrogen-bond donors (Lipinski definition) is 0. The first kappa shape index (κ1) is 20.3. The van der Waals surface area contributed by atoms with Gasteiger partial charge in [-0.25, -0.2) is 0 Å². The van der Waals surface area contributed by atoms with Crippen LogP contribution in [0.2, 0.25) is 0 Å². The van der Waals surface area contributed by atoms with E-state index < -0.39 is 0 Å². The van der Waals surface area contributed by atoms with Crippen LogP contribution in [0.4, 0.5) is 0 Å². The molecule has 0 aliphatic rings. The van der Waals surface area contributed by atoms with Crippen molar-refractivity contribution >= 4 is 17.5 Å². The van der Waals surface area contributed by atoms with Crippen molar-refractivity contribution in [2.24, 2.45) is 0 Å². The predicted molar refractivity (Wildman–Crippen MR) is 116 cm³/mol. The summed E-state index contributed by atoms with van der Waals surface area (Å²) in [6, 6.07) is 16.8. The minimum Gasteiger partial charge on any atom is -0.300 e. The van der Waals surface area contributed by atoms with Crippen molar-refractivity contribution < 1.29 is 4.79 Å². The molecule has 4 nitrogen and oxygen atoms in total. The molecule has 0 spiro atoms. The number of hydrogen-bond acceptors (Lipinski definition) is 4. The van der Waals surface area contributed by atoms with Crippen LogP contribution in [0.15, 0.2) is 53.7 Å². The number of aryl methyl sites for hydroxylation is 1. The summed E-state index contributed by atoms with van der Waals surface area (Å²) in [4.78, 5) is 11.3. The lowest BCUT2D eigenvalue weighted by atomic mass is 9.87. The van der Waals surface area contributed by atoms with Crippen LogP contribution < -0.4 is 0 Å². The Morgan fingerprint density at radius 2 is 1.71 bits per heavy atom. The molecular weight excluding hydrogens is 366 g/mol. The molecule has 5 heteroatoms. The van der Waals surface area contributed by atoms with Gasteiger partial charge in [0.25, 0.3) is 0 Å². The Labute approximate surface area is 171 Å². The molecule has 146 valence electrons. The monoisotopic (exact) mass is 393 g/mol. The van der Waals surface area contributed by atoms with E-state index >= 15 is 0 Å². The average molecular weight is 394 g/mol. The van der Waals surface area contributed by atoms with E-state index in [9.17, 15) is 4.79 Å².